The zero-order valence-corrected chi connectivity index (χ0v) is 15.6. The number of benzene rings is 2. The Labute approximate surface area is 157 Å². The first kappa shape index (κ1) is 16.3. The van der Waals surface area contributed by atoms with Crippen LogP contribution >= 0.6 is 46.7 Å². The van der Waals surface area contributed by atoms with Gasteiger partial charge in [0.1, 0.15) is 0 Å². The van der Waals surface area contributed by atoms with E-state index in [-0.39, 0.29) is 11.6 Å². The number of hydrogen-bond donors (Lipinski definition) is 0. The second kappa shape index (κ2) is 6.64. The van der Waals surface area contributed by atoms with Crippen molar-refractivity contribution in [2.45, 2.75) is 16.1 Å². The third-order valence-corrected chi connectivity index (χ3v) is 6.84. The SMILES string of the molecule is O=c1c2ccccc2nc2n1[C@H](CSc1cc(Cl)ccc1Cl)CS2. The van der Waals surface area contributed by atoms with Crippen molar-refractivity contribution in [3.05, 3.63) is 62.9 Å². The van der Waals surface area contributed by atoms with Crippen molar-refractivity contribution in [1.82, 2.24) is 9.55 Å². The molecule has 0 fully saturated rings. The summed E-state index contributed by atoms with van der Waals surface area (Å²) in [4.78, 5) is 18.4. The molecule has 0 unspecified atom stereocenters. The number of para-hydroxylation sites is 1. The molecule has 1 atom stereocenters. The molecule has 0 saturated heterocycles. The Bertz CT molecular complexity index is 990. The molecule has 1 aromatic heterocycles. The molecular formula is C17H12Cl2N2OS2. The molecule has 0 bridgehead atoms. The van der Waals surface area contributed by atoms with E-state index in [1.54, 1.807) is 35.7 Å². The molecule has 0 amide bonds. The lowest BCUT2D eigenvalue weighted by molar-refractivity contribution is 0.558. The van der Waals surface area contributed by atoms with Gasteiger partial charge in [0, 0.05) is 21.4 Å². The summed E-state index contributed by atoms with van der Waals surface area (Å²) in [5, 5.41) is 2.80. The lowest BCUT2D eigenvalue weighted by Gasteiger charge is -2.14. The van der Waals surface area contributed by atoms with Crippen molar-refractivity contribution in [2.75, 3.05) is 11.5 Å². The van der Waals surface area contributed by atoms with Gasteiger partial charge >= 0.3 is 0 Å². The Balaban J connectivity index is 1.65. The van der Waals surface area contributed by atoms with Crippen molar-refractivity contribution in [2.24, 2.45) is 0 Å². The van der Waals surface area contributed by atoms with Gasteiger partial charge in [-0.15, -0.1) is 11.8 Å². The largest absolute Gasteiger partial charge is 0.282 e. The molecule has 0 radical (unpaired) electrons. The van der Waals surface area contributed by atoms with E-state index < -0.39 is 0 Å². The van der Waals surface area contributed by atoms with Crippen molar-refractivity contribution >= 4 is 57.6 Å². The predicted octanol–water partition coefficient (Wildman–Crippen LogP) is 5.14. The Hall–Kier alpha value is -1.14. The van der Waals surface area contributed by atoms with Crippen LogP contribution in [0.3, 0.4) is 0 Å². The Morgan fingerprint density at radius 2 is 2.08 bits per heavy atom. The van der Waals surface area contributed by atoms with Crippen LogP contribution in [-0.2, 0) is 0 Å². The van der Waals surface area contributed by atoms with Gasteiger partial charge in [-0.3, -0.25) is 9.36 Å². The number of rotatable bonds is 3. The van der Waals surface area contributed by atoms with Crippen molar-refractivity contribution in [1.29, 1.82) is 0 Å². The first-order chi connectivity index (χ1) is 11.6. The summed E-state index contributed by atoms with van der Waals surface area (Å²) in [5.41, 5.74) is 0.788. The van der Waals surface area contributed by atoms with Crippen LogP contribution < -0.4 is 5.56 Å². The minimum absolute atomic E-state index is 0.0309. The van der Waals surface area contributed by atoms with Crippen molar-refractivity contribution < 1.29 is 0 Å². The molecule has 1 aliphatic rings. The van der Waals surface area contributed by atoms with Crippen LogP contribution in [0.2, 0.25) is 10.0 Å². The number of aromatic nitrogens is 2. The zero-order chi connectivity index (χ0) is 16.7. The van der Waals surface area contributed by atoms with Gasteiger partial charge in [-0.05, 0) is 30.3 Å². The molecule has 3 nitrogen and oxygen atoms in total. The molecule has 24 heavy (non-hydrogen) atoms. The van der Waals surface area contributed by atoms with E-state index in [1.807, 2.05) is 34.9 Å². The highest BCUT2D eigenvalue weighted by molar-refractivity contribution is 8.00. The summed E-state index contributed by atoms with van der Waals surface area (Å²) >= 11 is 15.5. The first-order valence-electron chi connectivity index (χ1n) is 7.35. The minimum Gasteiger partial charge on any atom is -0.282 e. The summed E-state index contributed by atoms with van der Waals surface area (Å²) in [6.07, 6.45) is 0. The van der Waals surface area contributed by atoms with E-state index in [0.717, 1.165) is 27.1 Å². The van der Waals surface area contributed by atoms with Crippen molar-refractivity contribution in [3.63, 3.8) is 0 Å². The molecule has 0 aliphatic carbocycles. The quantitative estimate of drug-likeness (QED) is 0.454. The fourth-order valence-corrected chi connectivity index (χ4v) is 5.56. The van der Waals surface area contributed by atoms with Gasteiger partial charge in [-0.1, -0.05) is 47.1 Å². The number of hydrogen-bond acceptors (Lipinski definition) is 4. The zero-order valence-electron chi connectivity index (χ0n) is 12.4. The van der Waals surface area contributed by atoms with E-state index in [9.17, 15) is 4.79 Å². The summed E-state index contributed by atoms with van der Waals surface area (Å²) in [7, 11) is 0. The third-order valence-electron chi connectivity index (χ3n) is 3.87. The van der Waals surface area contributed by atoms with Crippen LogP contribution in [0.5, 0.6) is 0 Å². The summed E-state index contributed by atoms with van der Waals surface area (Å²) in [6, 6.07) is 13.0. The average molecular weight is 395 g/mol. The second-order valence-corrected chi connectivity index (χ2v) is 8.33. The number of nitrogens with zero attached hydrogens (tertiary/aromatic N) is 2. The summed E-state index contributed by atoms with van der Waals surface area (Å²) in [6.45, 7) is 0. The lowest BCUT2D eigenvalue weighted by atomic mass is 10.2. The van der Waals surface area contributed by atoms with E-state index in [2.05, 4.69) is 4.98 Å². The fraction of sp³-hybridized carbons (Fsp3) is 0.176. The summed E-state index contributed by atoms with van der Waals surface area (Å²) < 4.78 is 1.82. The number of thioether (sulfide) groups is 2. The van der Waals surface area contributed by atoms with E-state index in [0.29, 0.717) is 15.4 Å². The normalized spacial score (nSPS) is 16.5. The maximum Gasteiger partial charge on any atom is 0.262 e. The fourth-order valence-electron chi connectivity index (χ4n) is 2.69. The first-order valence-corrected chi connectivity index (χ1v) is 10.1. The molecule has 122 valence electrons. The molecule has 0 saturated carbocycles. The molecule has 2 heterocycles. The van der Waals surface area contributed by atoms with Gasteiger partial charge in [0.2, 0.25) is 0 Å². The van der Waals surface area contributed by atoms with Crippen molar-refractivity contribution in [3.8, 4) is 0 Å². The van der Waals surface area contributed by atoms with Gasteiger partial charge in [0.15, 0.2) is 5.16 Å². The molecular weight excluding hydrogens is 383 g/mol. The van der Waals surface area contributed by atoms with E-state index in [4.69, 9.17) is 23.2 Å². The van der Waals surface area contributed by atoms with Crippen LogP contribution in [-0.4, -0.2) is 21.1 Å². The topological polar surface area (TPSA) is 34.9 Å². The molecule has 0 spiro atoms. The standard InChI is InChI=1S/C17H12Cl2N2OS2/c18-10-5-6-13(19)15(7-10)23-8-11-9-24-17-20-14-4-2-1-3-12(14)16(22)21(11)17/h1-7,11H,8-9H2/t11-/m1/s1. The van der Waals surface area contributed by atoms with Gasteiger partial charge in [0.05, 0.1) is 22.0 Å². The molecule has 2 aromatic carbocycles. The second-order valence-electron chi connectivity index (χ2n) is 5.44. The highest BCUT2D eigenvalue weighted by Crippen LogP contribution is 2.37. The number of fused-ring (bicyclic) bond motifs is 2. The molecule has 7 heteroatoms. The van der Waals surface area contributed by atoms with Crippen LogP contribution in [0.4, 0.5) is 0 Å². The van der Waals surface area contributed by atoms with Crippen LogP contribution in [0.25, 0.3) is 10.9 Å². The van der Waals surface area contributed by atoms with E-state index in [1.165, 1.54) is 0 Å². The Morgan fingerprint density at radius 3 is 2.96 bits per heavy atom. The smallest absolute Gasteiger partial charge is 0.262 e. The molecule has 0 N–H and O–H groups in total. The predicted molar refractivity (Wildman–Crippen MR) is 103 cm³/mol. The molecule has 3 aromatic rings. The lowest BCUT2D eigenvalue weighted by Crippen LogP contribution is -2.25. The highest BCUT2D eigenvalue weighted by Gasteiger charge is 2.26. The molecule has 4 rings (SSSR count). The van der Waals surface area contributed by atoms with Gasteiger partial charge < -0.3 is 0 Å². The highest BCUT2D eigenvalue weighted by atomic mass is 35.5. The summed E-state index contributed by atoms with van der Waals surface area (Å²) in [5.74, 6) is 1.59. The maximum absolute atomic E-state index is 12.8. The Morgan fingerprint density at radius 1 is 1.25 bits per heavy atom. The van der Waals surface area contributed by atoms with Gasteiger partial charge in [0.25, 0.3) is 5.56 Å². The van der Waals surface area contributed by atoms with Crippen LogP contribution in [0, 0.1) is 0 Å². The third kappa shape index (κ3) is 2.94. The maximum atomic E-state index is 12.8. The van der Waals surface area contributed by atoms with Crippen LogP contribution in [0.1, 0.15) is 6.04 Å². The monoisotopic (exact) mass is 394 g/mol. The Kier molecular flexibility index (Phi) is 4.52. The van der Waals surface area contributed by atoms with Gasteiger partial charge in [-0.2, -0.15) is 0 Å². The molecule has 1 aliphatic heterocycles. The van der Waals surface area contributed by atoms with E-state index >= 15 is 0 Å². The number of halogens is 2. The van der Waals surface area contributed by atoms with Gasteiger partial charge in [-0.25, -0.2) is 4.98 Å². The van der Waals surface area contributed by atoms with Crippen LogP contribution in [0.15, 0.2) is 57.3 Å². The average Bonchev–Trinajstić information content (AvgIpc) is 2.99. The minimum atomic E-state index is 0.0309.